The Labute approximate surface area is 143 Å². The summed E-state index contributed by atoms with van der Waals surface area (Å²) in [4.78, 5) is 23.1. The number of carbonyl (C=O) groups excluding carboxylic acids is 1. The third kappa shape index (κ3) is 4.35. The van der Waals surface area contributed by atoms with E-state index in [0.29, 0.717) is 17.1 Å². The van der Waals surface area contributed by atoms with E-state index in [-0.39, 0.29) is 11.3 Å². The highest BCUT2D eigenvalue weighted by molar-refractivity contribution is 6.08. The molecule has 2 rings (SSSR count). The van der Waals surface area contributed by atoms with Gasteiger partial charge in [0, 0.05) is 0 Å². The summed E-state index contributed by atoms with van der Waals surface area (Å²) in [6, 6.07) is 10.4. The van der Waals surface area contributed by atoms with E-state index >= 15 is 0 Å². The van der Waals surface area contributed by atoms with E-state index in [1.54, 1.807) is 12.1 Å². The fourth-order valence-electron chi connectivity index (χ4n) is 2.12. The van der Waals surface area contributed by atoms with Crippen LogP contribution in [0, 0.1) is 0 Å². The summed E-state index contributed by atoms with van der Waals surface area (Å²) >= 11 is 0. The average Bonchev–Trinajstić information content (AvgIpc) is 2.61. The first kappa shape index (κ1) is 18.0. The Balaban J connectivity index is 2.23. The molecule has 25 heavy (non-hydrogen) atoms. The molecule has 2 N–H and O–H groups in total. The van der Waals surface area contributed by atoms with E-state index in [4.69, 9.17) is 14.6 Å². The summed E-state index contributed by atoms with van der Waals surface area (Å²) in [6.45, 7) is 0. The van der Waals surface area contributed by atoms with Crippen LogP contribution in [-0.4, -0.2) is 31.2 Å². The van der Waals surface area contributed by atoms with E-state index in [1.165, 1.54) is 44.6 Å². The van der Waals surface area contributed by atoms with Crippen LogP contribution in [-0.2, 0) is 4.79 Å². The van der Waals surface area contributed by atoms with E-state index in [9.17, 15) is 14.0 Å². The van der Waals surface area contributed by atoms with Gasteiger partial charge in [-0.15, -0.1) is 0 Å². The van der Waals surface area contributed by atoms with Crippen molar-refractivity contribution in [1.82, 2.24) is 0 Å². The van der Waals surface area contributed by atoms with Crippen molar-refractivity contribution in [2.24, 2.45) is 0 Å². The fraction of sp³-hybridized carbons (Fsp3) is 0.111. The van der Waals surface area contributed by atoms with Crippen molar-refractivity contribution in [3.05, 3.63) is 59.4 Å². The highest BCUT2D eigenvalue weighted by Crippen LogP contribution is 2.28. The molecule has 0 heterocycles. The van der Waals surface area contributed by atoms with E-state index in [0.717, 1.165) is 6.08 Å². The average molecular weight is 345 g/mol. The van der Waals surface area contributed by atoms with Gasteiger partial charge in [0.2, 0.25) is 0 Å². The Morgan fingerprint density at radius 3 is 2.40 bits per heavy atom. The molecule has 0 atom stereocenters. The number of nitrogens with one attached hydrogen (secondary N) is 1. The van der Waals surface area contributed by atoms with Crippen molar-refractivity contribution in [1.29, 1.82) is 0 Å². The van der Waals surface area contributed by atoms with Crippen molar-refractivity contribution in [2.75, 3.05) is 19.5 Å². The van der Waals surface area contributed by atoms with Gasteiger partial charge in [-0.1, -0.05) is 18.2 Å². The zero-order chi connectivity index (χ0) is 18.4. The molecular formula is C18H16FNO5. The molecule has 6 nitrogen and oxygen atoms in total. The minimum absolute atomic E-state index is 0.0101. The Morgan fingerprint density at radius 2 is 1.76 bits per heavy atom. The maximum atomic E-state index is 14.1. The van der Waals surface area contributed by atoms with Gasteiger partial charge in [0.25, 0.3) is 5.91 Å². The number of halogens is 1. The number of benzene rings is 2. The highest BCUT2D eigenvalue weighted by atomic mass is 19.1. The third-order valence-corrected chi connectivity index (χ3v) is 3.32. The summed E-state index contributed by atoms with van der Waals surface area (Å²) in [5.74, 6) is -2.49. The van der Waals surface area contributed by atoms with Crippen molar-refractivity contribution in [3.8, 4) is 11.5 Å². The van der Waals surface area contributed by atoms with E-state index in [2.05, 4.69) is 5.32 Å². The number of anilines is 1. The minimum atomic E-state index is -1.22. The topological polar surface area (TPSA) is 84.9 Å². The lowest BCUT2D eigenvalue weighted by Gasteiger charge is -2.09. The van der Waals surface area contributed by atoms with Gasteiger partial charge in [-0.3, -0.25) is 4.79 Å². The first-order valence-corrected chi connectivity index (χ1v) is 7.19. The summed E-state index contributed by atoms with van der Waals surface area (Å²) in [6.07, 6.45) is 1.01. The second-order valence-electron chi connectivity index (χ2n) is 4.91. The maximum absolute atomic E-state index is 14.1. The zero-order valence-corrected chi connectivity index (χ0v) is 13.6. The van der Waals surface area contributed by atoms with Crippen LogP contribution in [0.5, 0.6) is 11.5 Å². The number of hydrogen-bond donors (Lipinski definition) is 2. The van der Waals surface area contributed by atoms with Crippen molar-refractivity contribution in [2.45, 2.75) is 0 Å². The Hall–Kier alpha value is -3.35. The number of amides is 1. The highest BCUT2D eigenvalue weighted by Gasteiger charge is 2.15. The SMILES string of the molecule is COc1ccc(/C=C(/F)C(=O)Nc2ccccc2C(=O)O)cc1OC. The molecule has 0 aliphatic carbocycles. The second-order valence-corrected chi connectivity index (χ2v) is 4.91. The first-order chi connectivity index (χ1) is 12.0. The van der Waals surface area contributed by atoms with Gasteiger partial charge in [0.1, 0.15) is 0 Å². The smallest absolute Gasteiger partial charge is 0.337 e. The fourth-order valence-corrected chi connectivity index (χ4v) is 2.12. The molecule has 1 amide bonds. The second kappa shape index (κ2) is 7.96. The monoisotopic (exact) mass is 345 g/mol. The summed E-state index contributed by atoms with van der Waals surface area (Å²) in [5, 5.41) is 11.3. The lowest BCUT2D eigenvalue weighted by Crippen LogP contribution is -2.14. The minimum Gasteiger partial charge on any atom is -0.493 e. The zero-order valence-electron chi connectivity index (χ0n) is 13.6. The van der Waals surface area contributed by atoms with Gasteiger partial charge >= 0.3 is 5.97 Å². The van der Waals surface area contributed by atoms with Crippen molar-refractivity contribution >= 4 is 23.6 Å². The van der Waals surface area contributed by atoms with E-state index < -0.39 is 17.7 Å². The maximum Gasteiger partial charge on any atom is 0.337 e. The number of para-hydroxylation sites is 1. The van der Waals surface area contributed by atoms with Gasteiger partial charge in [-0.25, -0.2) is 9.18 Å². The third-order valence-electron chi connectivity index (χ3n) is 3.32. The Kier molecular flexibility index (Phi) is 5.73. The largest absolute Gasteiger partial charge is 0.493 e. The number of rotatable bonds is 6. The number of methoxy groups -OCH3 is 2. The molecule has 2 aromatic rings. The van der Waals surface area contributed by atoms with Crippen LogP contribution >= 0.6 is 0 Å². The molecule has 0 spiro atoms. The number of hydrogen-bond acceptors (Lipinski definition) is 4. The van der Waals surface area contributed by atoms with Gasteiger partial charge in [-0.2, -0.15) is 0 Å². The van der Waals surface area contributed by atoms with Crippen LogP contribution in [0.1, 0.15) is 15.9 Å². The van der Waals surface area contributed by atoms with Gasteiger partial charge < -0.3 is 19.9 Å². The molecule has 0 radical (unpaired) electrons. The quantitative estimate of drug-likeness (QED) is 0.784. The van der Waals surface area contributed by atoms with Crippen LogP contribution < -0.4 is 14.8 Å². The number of carboxylic acids is 1. The van der Waals surface area contributed by atoms with Crippen molar-refractivity contribution < 1.29 is 28.6 Å². The summed E-state index contributed by atoms with van der Waals surface area (Å²) in [5.41, 5.74) is 0.266. The standard InChI is InChI=1S/C18H16FNO5/c1-24-15-8-7-11(10-16(15)25-2)9-13(19)17(21)20-14-6-4-3-5-12(14)18(22)23/h3-10H,1-2H3,(H,20,21)(H,22,23)/b13-9+. The van der Waals surface area contributed by atoms with E-state index in [1.807, 2.05) is 0 Å². The normalized spacial score (nSPS) is 10.9. The molecule has 0 fully saturated rings. The number of carboxylic acid groups (broad SMARTS) is 1. The molecular weight excluding hydrogens is 329 g/mol. The summed E-state index contributed by atoms with van der Waals surface area (Å²) in [7, 11) is 2.92. The molecule has 0 aromatic heterocycles. The lowest BCUT2D eigenvalue weighted by molar-refractivity contribution is -0.114. The van der Waals surface area contributed by atoms with Gasteiger partial charge in [-0.05, 0) is 35.9 Å². The molecule has 0 saturated heterocycles. The van der Waals surface area contributed by atoms with Crippen LogP contribution in [0.2, 0.25) is 0 Å². The number of aromatic carboxylic acids is 1. The predicted molar refractivity (Wildman–Crippen MR) is 90.7 cm³/mol. The molecule has 130 valence electrons. The van der Waals surface area contributed by atoms with Crippen molar-refractivity contribution in [3.63, 3.8) is 0 Å². The molecule has 7 heteroatoms. The molecule has 0 unspecified atom stereocenters. The van der Waals surface area contributed by atoms with Crippen LogP contribution in [0.4, 0.5) is 10.1 Å². The van der Waals surface area contributed by atoms with Crippen LogP contribution in [0.3, 0.4) is 0 Å². The predicted octanol–water partition coefficient (Wildman–Crippen LogP) is 3.35. The van der Waals surface area contributed by atoms with Crippen LogP contribution in [0.15, 0.2) is 48.3 Å². The number of carbonyl (C=O) groups is 2. The molecule has 2 aromatic carbocycles. The van der Waals surface area contributed by atoms with Crippen LogP contribution in [0.25, 0.3) is 6.08 Å². The van der Waals surface area contributed by atoms with Gasteiger partial charge in [0.15, 0.2) is 17.3 Å². The molecule has 0 aliphatic heterocycles. The molecule has 0 aliphatic rings. The Bertz CT molecular complexity index is 832. The summed E-state index contributed by atoms with van der Waals surface area (Å²) < 4.78 is 24.3. The first-order valence-electron chi connectivity index (χ1n) is 7.19. The Morgan fingerprint density at radius 1 is 1.08 bits per heavy atom. The van der Waals surface area contributed by atoms with Gasteiger partial charge in [0.05, 0.1) is 25.5 Å². The molecule has 0 bridgehead atoms. The lowest BCUT2D eigenvalue weighted by atomic mass is 10.1. The number of ether oxygens (including phenoxy) is 2. The molecule has 0 saturated carbocycles.